The van der Waals surface area contributed by atoms with Crippen LogP contribution in [0.25, 0.3) is 0 Å². The summed E-state index contributed by atoms with van der Waals surface area (Å²) in [5, 5.41) is 3.63. The van der Waals surface area contributed by atoms with Crippen molar-refractivity contribution in [3.8, 4) is 5.75 Å². The van der Waals surface area contributed by atoms with E-state index in [1.807, 2.05) is 0 Å². The third-order valence-corrected chi connectivity index (χ3v) is 2.28. The molecule has 20 heavy (non-hydrogen) atoms. The molecule has 0 aliphatic rings. The van der Waals surface area contributed by atoms with Gasteiger partial charge in [-0.2, -0.15) is 5.10 Å². The summed E-state index contributed by atoms with van der Waals surface area (Å²) in [5.74, 6) is -0.302. The van der Waals surface area contributed by atoms with Crippen LogP contribution in [0.4, 0.5) is 0 Å². The van der Waals surface area contributed by atoms with Crippen LogP contribution in [0.1, 0.15) is 23.7 Å². The standard InChI is InChI=1S/C13H17N3O4/c1-3-20-12(17)8-11(14)15-16-13(18)9-4-6-10(19-2)7-5-9/h4-7H,3,8H2,1-2H3,(H2,14,15)(H,16,18). The summed E-state index contributed by atoms with van der Waals surface area (Å²) in [5.41, 5.74) is 8.15. The monoisotopic (exact) mass is 279 g/mol. The highest BCUT2D eigenvalue weighted by Gasteiger charge is 2.07. The van der Waals surface area contributed by atoms with Crippen LogP contribution in [0.5, 0.6) is 5.75 Å². The molecule has 0 fully saturated rings. The van der Waals surface area contributed by atoms with Crippen molar-refractivity contribution in [2.24, 2.45) is 10.8 Å². The minimum Gasteiger partial charge on any atom is -0.497 e. The summed E-state index contributed by atoms with van der Waals surface area (Å²) in [6.45, 7) is 1.96. The normalized spacial score (nSPS) is 10.8. The summed E-state index contributed by atoms with van der Waals surface area (Å²) in [6, 6.07) is 6.48. The van der Waals surface area contributed by atoms with Gasteiger partial charge < -0.3 is 15.2 Å². The van der Waals surface area contributed by atoms with Gasteiger partial charge in [-0.15, -0.1) is 0 Å². The molecule has 0 radical (unpaired) electrons. The van der Waals surface area contributed by atoms with Gasteiger partial charge in [0.25, 0.3) is 5.91 Å². The van der Waals surface area contributed by atoms with Crippen LogP contribution in [-0.4, -0.2) is 31.4 Å². The fourth-order valence-electron chi connectivity index (χ4n) is 1.33. The molecule has 0 aromatic heterocycles. The quantitative estimate of drug-likeness (QED) is 0.344. The molecule has 0 aliphatic carbocycles. The fraction of sp³-hybridized carbons (Fsp3) is 0.308. The molecule has 108 valence electrons. The number of hydrogen-bond acceptors (Lipinski definition) is 5. The summed E-state index contributed by atoms with van der Waals surface area (Å²) < 4.78 is 9.69. The van der Waals surface area contributed by atoms with E-state index >= 15 is 0 Å². The Morgan fingerprint density at radius 1 is 1.30 bits per heavy atom. The molecule has 0 saturated carbocycles. The molecule has 0 heterocycles. The van der Waals surface area contributed by atoms with Gasteiger partial charge in [0.15, 0.2) is 0 Å². The average Bonchev–Trinajstić information content (AvgIpc) is 2.45. The minimum absolute atomic E-state index is 0.0229. The highest BCUT2D eigenvalue weighted by molar-refractivity contribution is 5.99. The lowest BCUT2D eigenvalue weighted by Crippen LogP contribution is -2.25. The molecule has 0 saturated heterocycles. The lowest BCUT2D eigenvalue weighted by Gasteiger charge is -2.04. The Morgan fingerprint density at radius 2 is 1.95 bits per heavy atom. The van der Waals surface area contributed by atoms with E-state index in [2.05, 4.69) is 10.5 Å². The van der Waals surface area contributed by atoms with Gasteiger partial charge in [-0.05, 0) is 31.2 Å². The average molecular weight is 279 g/mol. The second-order valence-electron chi connectivity index (χ2n) is 3.75. The number of methoxy groups -OCH3 is 1. The number of nitrogens with one attached hydrogen (secondary N) is 1. The zero-order chi connectivity index (χ0) is 15.0. The number of benzene rings is 1. The van der Waals surface area contributed by atoms with Crippen molar-refractivity contribution in [3.63, 3.8) is 0 Å². The largest absolute Gasteiger partial charge is 0.497 e. The first-order chi connectivity index (χ1) is 9.56. The van der Waals surface area contributed by atoms with Crippen molar-refractivity contribution in [1.29, 1.82) is 0 Å². The van der Waals surface area contributed by atoms with Crippen LogP contribution in [0.2, 0.25) is 0 Å². The molecule has 1 aromatic carbocycles. The van der Waals surface area contributed by atoms with Crippen molar-refractivity contribution in [2.45, 2.75) is 13.3 Å². The molecular weight excluding hydrogens is 262 g/mol. The SMILES string of the molecule is CCOC(=O)C/C(N)=N\NC(=O)c1ccc(OC)cc1. The van der Waals surface area contributed by atoms with E-state index in [1.165, 1.54) is 7.11 Å². The Bertz CT molecular complexity index is 497. The zero-order valence-corrected chi connectivity index (χ0v) is 11.4. The zero-order valence-electron chi connectivity index (χ0n) is 11.4. The first kappa shape index (κ1) is 15.5. The van der Waals surface area contributed by atoms with Crippen molar-refractivity contribution >= 4 is 17.7 Å². The number of rotatable bonds is 6. The van der Waals surface area contributed by atoms with Gasteiger partial charge in [0.05, 0.1) is 13.7 Å². The van der Waals surface area contributed by atoms with E-state index in [9.17, 15) is 9.59 Å². The summed E-state index contributed by atoms with van der Waals surface area (Å²) in [4.78, 5) is 22.9. The highest BCUT2D eigenvalue weighted by Crippen LogP contribution is 2.10. The first-order valence-corrected chi connectivity index (χ1v) is 5.98. The Kier molecular flexibility index (Phi) is 6.02. The Hall–Kier alpha value is -2.57. The molecule has 0 unspecified atom stereocenters. The number of hydrogen-bond donors (Lipinski definition) is 2. The summed E-state index contributed by atoms with van der Waals surface area (Å²) >= 11 is 0. The fourth-order valence-corrected chi connectivity index (χ4v) is 1.33. The number of amidine groups is 1. The maximum Gasteiger partial charge on any atom is 0.313 e. The van der Waals surface area contributed by atoms with E-state index in [1.54, 1.807) is 31.2 Å². The van der Waals surface area contributed by atoms with E-state index in [0.717, 1.165) is 0 Å². The smallest absolute Gasteiger partial charge is 0.313 e. The van der Waals surface area contributed by atoms with Crippen LogP contribution >= 0.6 is 0 Å². The maximum atomic E-state index is 11.7. The lowest BCUT2D eigenvalue weighted by molar-refractivity contribution is -0.141. The predicted molar refractivity (Wildman–Crippen MR) is 73.3 cm³/mol. The molecular formula is C13H17N3O4. The van der Waals surface area contributed by atoms with E-state index in [0.29, 0.717) is 11.3 Å². The van der Waals surface area contributed by atoms with E-state index in [-0.39, 0.29) is 18.9 Å². The second-order valence-corrected chi connectivity index (χ2v) is 3.75. The first-order valence-electron chi connectivity index (χ1n) is 5.98. The van der Waals surface area contributed by atoms with Crippen LogP contribution < -0.4 is 15.9 Å². The second kappa shape index (κ2) is 7.78. The van der Waals surface area contributed by atoms with Crippen LogP contribution in [0, 0.1) is 0 Å². The number of nitrogens with two attached hydrogens (primary N) is 1. The molecule has 1 rings (SSSR count). The number of esters is 1. The number of carbonyl (C=O) groups is 2. The third-order valence-electron chi connectivity index (χ3n) is 2.28. The molecule has 0 atom stereocenters. The van der Waals surface area contributed by atoms with Crippen molar-refractivity contribution < 1.29 is 19.1 Å². The molecule has 0 bridgehead atoms. The molecule has 1 aromatic rings. The van der Waals surface area contributed by atoms with E-state index < -0.39 is 11.9 Å². The van der Waals surface area contributed by atoms with Crippen molar-refractivity contribution in [3.05, 3.63) is 29.8 Å². The highest BCUT2D eigenvalue weighted by atomic mass is 16.5. The Morgan fingerprint density at radius 3 is 2.50 bits per heavy atom. The van der Waals surface area contributed by atoms with Crippen LogP contribution in [0.3, 0.4) is 0 Å². The number of ether oxygens (including phenoxy) is 2. The van der Waals surface area contributed by atoms with Gasteiger partial charge in [-0.25, -0.2) is 5.43 Å². The molecule has 7 heteroatoms. The van der Waals surface area contributed by atoms with Gasteiger partial charge >= 0.3 is 5.97 Å². The Balaban J connectivity index is 2.54. The van der Waals surface area contributed by atoms with Crippen LogP contribution in [0.15, 0.2) is 29.4 Å². The van der Waals surface area contributed by atoms with Gasteiger partial charge in [-0.1, -0.05) is 0 Å². The number of hydrazone groups is 1. The molecule has 7 nitrogen and oxygen atoms in total. The van der Waals surface area contributed by atoms with Crippen LogP contribution in [-0.2, 0) is 9.53 Å². The molecule has 0 spiro atoms. The number of nitrogens with zero attached hydrogens (tertiary/aromatic N) is 1. The van der Waals surface area contributed by atoms with Gasteiger partial charge in [0, 0.05) is 5.56 Å². The number of carbonyl (C=O) groups excluding carboxylic acids is 2. The summed E-state index contributed by atoms with van der Waals surface area (Å²) in [6.07, 6.45) is -0.170. The minimum atomic E-state index is -0.493. The topological polar surface area (TPSA) is 103 Å². The van der Waals surface area contributed by atoms with Gasteiger partial charge in [-0.3, -0.25) is 9.59 Å². The Labute approximate surface area is 116 Å². The van der Waals surface area contributed by atoms with Gasteiger partial charge in [0.1, 0.15) is 18.0 Å². The number of amides is 1. The van der Waals surface area contributed by atoms with Crippen molar-refractivity contribution in [2.75, 3.05) is 13.7 Å². The summed E-state index contributed by atoms with van der Waals surface area (Å²) in [7, 11) is 1.54. The van der Waals surface area contributed by atoms with E-state index in [4.69, 9.17) is 15.2 Å². The molecule has 0 aliphatic heterocycles. The molecule has 3 N–H and O–H groups in total. The predicted octanol–water partition coefficient (Wildman–Crippen LogP) is 0.650. The van der Waals surface area contributed by atoms with Gasteiger partial charge in [0.2, 0.25) is 0 Å². The maximum absolute atomic E-state index is 11.7. The third kappa shape index (κ3) is 4.97. The lowest BCUT2D eigenvalue weighted by atomic mass is 10.2. The van der Waals surface area contributed by atoms with Crippen molar-refractivity contribution in [1.82, 2.24) is 5.43 Å². The molecule has 1 amide bonds.